The summed E-state index contributed by atoms with van der Waals surface area (Å²) in [4.78, 5) is 3.70. The van der Waals surface area contributed by atoms with Gasteiger partial charge in [0.2, 0.25) is 0 Å². The van der Waals surface area contributed by atoms with Crippen LogP contribution in [-0.2, 0) is 6.54 Å². The maximum absolute atomic E-state index is 8.84. The fraction of sp³-hybridized carbons (Fsp3) is 0.583. The lowest BCUT2D eigenvalue weighted by Gasteiger charge is -2.25. The molecule has 1 fully saturated rings. The molecule has 1 aromatic heterocycles. The Hall–Kier alpha value is -0.850. The summed E-state index contributed by atoms with van der Waals surface area (Å²) in [7, 11) is 0. The van der Waals surface area contributed by atoms with Gasteiger partial charge in [-0.05, 0) is 24.3 Å². The highest BCUT2D eigenvalue weighted by Crippen LogP contribution is 2.25. The predicted octanol–water partition coefficient (Wildman–Crippen LogP) is 3.02. The van der Waals surface area contributed by atoms with Gasteiger partial charge < -0.3 is 0 Å². The first kappa shape index (κ1) is 10.7. The number of hydrogen-bond donors (Lipinski definition) is 0. The Morgan fingerprint density at radius 3 is 2.87 bits per heavy atom. The van der Waals surface area contributed by atoms with Crippen LogP contribution in [0.5, 0.6) is 0 Å². The van der Waals surface area contributed by atoms with Gasteiger partial charge in [0.1, 0.15) is 0 Å². The summed E-state index contributed by atoms with van der Waals surface area (Å²) >= 11 is 1.78. The molecule has 2 rings (SSSR count). The highest BCUT2D eigenvalue weighted by Gasteiger charge is 2.22. The number of rotatable bonds is 4. The van der Waals surface area contributed by atoms with Crippen LogP contribution in [0.15, 0.2) is 17.5 Å². The summed E-state index contributed by atoms with van der Waals surface area (Å²) in [6.07, 6.45) is 5.20. The van der Waals surface area contributed by atoms with E-state index in [9.17, 15) is 0 Å². The highest BCUT2D eigenvalue weighted by molar-refractivity contribution is 7.09. The van der Waals surface area contributed by atoms with Crippen LogP contribution in [0.1, 0.15) is 30.6 Å². The zero-order valence-corrected chi connectivity index (χ0v) is 9.67. The van der Waals surface area contributed by atoms with Gasteiger partial charge in [0.25, 0.3) is 0 Å². The summed E-state index contributed by atoms with van der Waals surface area (Å²) in [5, 5.41) is 10.9. The first-order valence-electron chi connectivity index (χ1n) is 5.53. The minimum Gasteiger partial charge on any atom is -0.282 e. The van der Waals surface area contributed by atoms with Gasteiger partial charge in [-0.2, -0.15) is 5.26 Å². The van der Waals surface area contributed by atoms with Crippen molar-refractivity contribution in [2.75, 3.05) is 6.54 Å². The molecule has 0 aromatic carbocycles. The summed E-state index contributed by atoms with van der Waals surface area (Å²) in [6.45, 7) is 1.53. The number of nitrogens with zero attached hydrogens (tertiary/aromatic N) is 2. The van der Waals surface area contributed by atoms with Crippen molar-refractivity contribution in [3.05, 3.63) is 22.4 Å². The standard InChI is InChI=1S/C12H16N2S/c13-7-8-14(11-4-1-2-5-11)10-12-6-3-9-15-12/h3,6,9,11H,1-2,4-5,8,10H2. The Kier molecular flexibility index (Phi) is 3.76. The zero-order chi connectivity index (χ0) is 10.5. The quantitative estimate of drug-likeness (QED) is 0.729. The van der Waals surface area contributed by atoms with Crippen molar-refractivity contribution in [1.82, 2.24) is 4.90 Å². The van der Waals surface area contributed by atoms with Crippen LogP contribution in [0.25, 0.3) is 0 Å². The van der Waals surface area contributed by atoms with Crippen LogP contribution in [0, 0.1) is 11.3 Å². The molecule has 1 heterocycles. The average molecular weight is 220 g/mol. The molecule has 1 saturated carbocycles. The molecule has 80 valence electrons. The Labute approximate surface area is 95.1 Å². The number of hydrogen-bond acceptors (Lipinski definition) is 3. The van der Waals surface area contributed by atoms with Gasteiger partial charge in [-0.15, -0.1) is 11.3 Å². The largest absolute Gasteiger partial charge is 0.282 e. The molecule has 0 N–H and O–H groups in total. The molecule has 0 aliphatic heterocycles. The third-order valence-electron chi connectivity index (χ3n) is 3.05. The van der Waals surface area contributed by atoms with Gasteiger partial charge >= 0.3 is 0 Å². The third-order valence-corrected chi connectivity index (χ3v) is 3.92. The van der Waals surface area contributed by atoms with Crippen LogP contribution in [0.2, 0.25) is 0 Å². The summed E-state index contributed by atoms with van der Waals surface area (Å²) < 4.78 is 0. The number of nitriles is 1. The van der Waals surface area contributed by atoms with E-state index in [-0.39, 0.29) is 0 Å². The first-order valence-corrected chi connectivity index (χ1v) is 6.41. The second-order valence-corrected chi connectivity index (χ2v) is 5.11. The van der Waals surface area contributed by atoms with Crippen LogP contribution in [0.4, 0.5) is 0 Å². The second kappa shape index (κ2) is 5.29. The predicted molar refractivity (Wildman–Crippen MR) is 62.6 cm³/mol. The third kappa shape index (κ3) is 2.80. The maximum Gasteiger partial charge on any atom is 0.0871 e. The molecular formula is C12H16N2S. The molecule has 1 aromatic rings. The zero-order valence-electron chi connectivity index (χ0n) is 8.85. The molecule has 0 saturated heterocycles. The van der Waals surface area contributed by atoms with E-state index in [2.05, 4.69) is 28.5 Å². The van der Waals surface area contributed by atoms with E-state index in [1.807, 2.05) is 0 Å². The minimum atomic E-state index is 0.572. The molecule has 3 heteroatoms. The molecule has 1 aliphatic carbocycles. The average Bonchev–Trinajstić information content (AvgIpc) is 2.89. The van der Waals surface area contributed by atoms with Crippen LogP contribution >= 0.6 is 11.3 Å². The van der Waals surface area contributed by atoms with Crippen molar-refractivity contribution >= 4 is 11.3 Å². The van der Waals surface area contributed by atoms with E-state index in [4.69, 9.17) is 5.26 Å². The van der Waals surface area contributed by atoms with Gasteiger partial charge in [0, 0.05) is 17.5 Å². The number of thiophene rings is 1. The molecule has 0 spiro atoms. The van der Waals surface area contributed by atoms with E-state index < -0.39 is 0 Å². The highest BCUT2D eigenvalue weighted by atomic mass is 32.1. The van der Waals surface area contributed by atoms with Gasteiger partial charge in [0.15, 0.2) is 0 Å². The molecule has 0 unspecified atom stereocenters. The summed E-state index contributed by atoms with van der Waals surface area (Å²) in [5.74, 6) is 0. The van der Waals surface area contributed by atoms with Crippen LogP contribution in [0.3, 0.4) is 0 Å². The molecule has 0 atom stereocenters. The summed E-state index contributed by atoms with van der Waals surface area (Å²) in [6, 6.07) is 7.17. The Morgan fingerprint density at radius 1 is 1.47 bits per heavy atom. The Balaban J connectivity index is 1.96. The lowest BCUT2D eigenvalue weighted by Crippen LogP contribution is -2.32. The van der Waals surface area contributed by atoms with E-state index in [1.165, 1.54) is 30.6 Å². The van der Waals surface area contributed by atoms with Gasteiger partial charge in [-0.3, -0.25) is 4.90 Å². The monoisotopic (exact) mass is 220 g/mol. The van der Waals surface area contributed by atoms with E-state index in [0.29, 0.717) is 12.6 Å². The molecule has 0 bridgehead atoms. The van der Waals surface area contributed by atoms with Gasteiger partial charge in [0.05, 0.1) is 12.6 Å². The second-order valence-electron chi connectivity index (χ2n) is 4.08. The van der Waals surface area contributed by atoms with Crippen molar-refractivity contribution in [2.45, 2.75) is 38.3 Å². The Bertz CT molecular complexity index is 320. The first-order chi connectivity index (χ1) is 7.40. The molecule has 1 aliphatic rings. The minimum absolute atomic E-state index is 0.572. The summed E-state index contributed by atoms with van der Waals surface area (Å²) in [5.41, 5.74) is 0. The smallest absolute Gasteiger partial charge is 0.0871 e. The molecule has 0 amide bonds. The normalized spacial score (nSPS) is 17.1. The topological polar surface area (TPSA) is 27.0 Å². The van der Waals surface area contributed by atoms with E-state index in [1.54, 1.807) is 11.3 Å². The Morgan fingerprint density at radius 2 is 2.27 bits per heavy atom. The molecule has 15 heavy (non-hydrogen) atoms. The van der Waals surface area contributed by atoms with Crippen molar-refractivity contribution in [1.29, 1.82) is 5.26 Å². The molecule has 2 nitrogen and oxygen atoms in total. The van der Waals surface area contributed by atoms with E-state index in [0.717, 1.165) is 6.54 Å². The van der Waals surface area contributed by atoms with Crippen molar-refractivity contribution in [3.63, 3.8) is 0 Å². The van der Waals surface area contributed by atoms with Crippen molar-refractivity contribution in [3.8, 4) is 6.07 Å². The maximum atomic E-state index is 8.84. The fourth-order valence-electron chi connectivity index (χ4n) is 2.28. The van der Waals surface area contributed by atoms with E-state index >= 15 is 0 Å². The molecular weight excluding hydrogens is 204 g/mol. The van der Waals surface area contributed by atoms with Crippen molar-refractivity contribution < 1.29 is 0 Å². The molecule has 0 radical (unpaired) electrons. The fourth-order valence-corrected chi connectivity index (χ4v) is 3.01. The van der Waals surface area contributed by atoms with Gasteiger partial charge in [-0.1, -0.05) is 18.9 Å². The van der Waals surface area contributed by atoms with Crippen molar-refractivity contribution in [2.24, 2.45) is 0 Å². The SMILES string of the molecule is N#CCN(Cc1cccs1)C1CCCC1. The lowest BCUT2D eigenvalue weighted by atomic mass is 10.2. The lowest BCUT2D eigenvalue weighted by molar-refractivity contribution is 0.216. The van der Waals surface area contributed by atoms with Crippen LogP contribution < -0.4 is 0 Å². The van der Waals surface area contributed by atoms with Crippen LogP contribution in [-0.4, -0.2) is 17.5 Å². The van der Waals surface area contributed by atoms with Gasteiger partial charge in [-0.25, -0.2) is 0 Å².